The molecule has 0 aromatic carbocycles. The highest BCUT2D eigenvalue weighted by molar-refractivity contribution is 14.1. The molecule has 0 bridgehead atoms. The van der Waals surface area contributed by atoms with Crippen LogP contribution in [-0.4, -0.2) is 13.4 Å². The molecule has 0 fully saturated rings. The van der Waals surface area contributed by atoms with E-state index in [-0.39, 0.29) is 0 Å². The third-order valence-corrected chi connectivity index (χ3v) is 3.93. The highest BCUT2D eigenvalue weighted by Gasteiger charge is 2.24. The molecule has 0 unspecified atom stereocenters. The zero-order chi connectivity index (χ0) is 11.8. The van der Waals surface area contributed by atoms with E-state index in [0.717, 1.165) is 6.07 Å². The first-order chi connectivity index (χ1) is 6.73. The molecule has 8 heteroatoms. The van der Waals surface area contributed by atoms with Gasteiger partial charge in [0.1, 0.15) is 0 Å². The zero-order valence-electron chi connectivity index (χ0n) is 7.34. The minimum atomic E-state index is -4.24. The average molecular weight is 368 g/mol. The van der Waals surface area contributed by atoms with Crippen LogP contribution in [0.25, 0.3) is 0 Å². The summed E-state index contributed by atoms with van der Waals surface area (Å²) in [5, 5.41) is -0.767. The van der Waals surface area contributed by atoms with Gasteiger partial charge in [0.05, 0.1) is 11.3 Å². The SMILES string of the molecule is Cc1nc(S(=O)(=O)Cl)c(C(F)F)cc1I. The smallest absolute Gasteiger partial charge is 0.239 e. The predicted molar refractivity (Wildman–Crippen MR) is 59.7 cm³/mol. The van der Waals surface area contributed by atoms with Crippen LogP contribution >= 0.6 is 33.3 Å². The van der Waals surface area contributed by atoms with Gasteiger partial charge in [-0.1, -0.05) is 0 Å². The molecule has 1 aromatic rings. The van der Waals surface area contributed by atoms with Gasteiger partial charge in [0.2, 0.25) is 0 Å². The third kappa shape index (κ3) is 2.97. The molecule has 1 heterocycles. The molecule has 0 saturated heterocycles. The summed E-state index contributed by atoms with van der Waals surface area (Å²) < 4.78 is 47.4. The van der Waals surface area contributed by atoms with Crippen molar-refractivity contribution in [3.8, 4) is 0 Å². The molecular weight excluding hydrogens is 363 g/mol. The van der Waals surface area contributed by atoms with Gasteiger partial charge >= 0.3 is 0 Å². The molecule has 1 aromatic heterocycles. The summed E-state index contributed by atoms with van der Waals surface area (Å²) >= 11 is 1.79. The van der Waals surface area contributed by atoms with Gasteiger partial charge in [-0.2, -0.15) is 0 Å². The van der Waals surface area contributed by atoms with Crippen LogP contribution in [0.15, 0.2) is 11.1 Å². The van der Waals surface area contributed by atoms with Gasteiger partial charge in [-0.05, 0) is 35.6 Å². The Kier molecular flexibility index (Phi) is 3.88. The Morgan fingerprint density at radius 3 is 2.47 bits per heavy atom. The summed E-state index contributed by atoms with van der Waals surface area (Å²) in [5.41, 5.74) is -0.320. The number of aromatic nitrogens is 1. The van der Waals surface area contributed by atoms with Crippen LogP contribution in [-0.2, 0) is 9.05 Å². The lowest BCUT2D eigenvalue weighted by Crippen LogP contribution is -2.05. The van der Waals surface area contributed by atoms with Gasteiger partial charge in [-0.15, -0.1) is 0 Å². The van der Waals surface area contributed by atoms with Gasteiger partial charge in [0.15, 0.2) is 5.03 Å². The molecule has 0 saturated carbocycles. The standard InChI is InChI=1S/C7H5ClF2INO2S/c1-3-5(11)2-4(6(9)10)7(12-3)15(8,13)14/h2,6H,1H3. The number of alkyl halides is 2. The second-order valence-corrected chi connectivity index (χ2v) is 6.33. The number of halogens is 4. The summed E-state index contributed by atoms with van der Waals surface area (Å²) in [5.74, 6) is 0. The molecule has 0 aliphatic carbocycles. The van der Waals surface area contributed by atoms with Crippen LogP contribution in [0.3, 0.4) is 0 Å². The molecule has 0 atom stereocenters. The van der Waals surface area contributed by atoms with Crippen molar-refractivity contribution < 1.29 is 17.2 Å². The van der Waals surface area contributed by atoms with Crippen molar-refractivity contribution in [1.82, 2.24) is 4.98 Å². The van der Waals surface area contributed by atoms with Crippen LogP contribution in [0.4, 0.5) is 8.78 Å². The molecule has 0 spiro atoms. The normalized spacial score (nSPS) is 12.1. The molecule has 0 aliphatic rings. The molecule has 1 rings (SSSR count). The Bertz CT molecular complexity index is 492. The average Bonchev–Trinajstić information content (AvgIpc) is 2.06. The Balaban J connectivity index is 3.56. The summed E-state index contributed by atoms with van der Waals surface area (Å²) in [6.07, 6.45) is -2.92. The number of pyridine rings is 1. The van der Waals surface area contributed by atoms with E-state index in [2.05, 4.69) is 4.98 Å². The van der Waals surface area contributed by atoms with E-state index in [9.17, 15) is 17.2 Å². The summed E-state index contributed by atoms with van der Waals surface area (Å²) in [7, 11) is 0.766. The maximum absolute atomic E-state index is 12.5. The highest BCUT2D eigenvalue weighted by Crippen LogP contribution is 2.29. The Morgan fingerprint density at radius 1 is 1.53 bits per heavy atom. The molecule has 0 amide bonds. The molecule has 0 aliphatic heterocycles. The third-order valence-electron chi connectivity index (χ3n) is 1.61. The first-order valence-corrected chi connectivity index (χ1v) is 7.02. The van der Waals surface area contributed by atoms with E-state index in [1.165, 1.54) is 6.92 Å². The lowest BCUT2D eigenvalue weighted by molar-refractivity contribution is 0.147. The quantitative estimate of drug-likeness (QED) is 0.596. The fourth-order valence-corrected chi connectivity index (χ4v) is 2.43. The van der Waals surface area contributed by atoms with E-state index in [0.29, 0.717) is 9.26 Å². The molecular formula is C7H5ClF2INO2S. The molecule has 15 heavy (non-hydrogen) atoms. The van der Waals surface area contributed by atoms with Gasteiger partial charge in [-0.3, -0.25) is 0 Å². The van der Waals surface area contributed by atoms with E-state index in [1.54, 1.807) is 22.6 Å². The minimum absolute atomic E-state index is 0.347. The Labute approximate surface area is 103 Å². The second kappa shape index (κ2) is 4.46. The zero-order valence-corrected chi connectivity index (χ0v) is 11.1. The Morgan fingerprint density at radius 2 is 2.07 bits per heavy atom. The molecule has 84 valence electrons. The molecule has 0 N–H and O–H groups in total. The van der Waals surface area contributed by atoms with Crippen LogP contribution in [0, 0.1) is 10.5 Å². The highest BCUT2D eigenvalue weighted by atomic mass is 127. The van der Waals surface area contributed by atoms with Crippen molar-refractivity contribution >= 4 is 42.3 Å². The van der Waals surface area contributed by atoms with Crippen LogP contribution in [0.5, 0.6) is 0 Å². The molecule has 0 radical (unpaired) electrons. The molecule has 3 nitrogen and oxygen atoms in total. The second-order valence-electron chi connectivity index (χ2n) is 2.69. The van der Waals surface area contributed by atoms with Gasteiger partial charge in [-0.25, -0.2) is 22.2 Å². The van der Waals surface area contributed by atoms with Crippen LogP contribution < -0.4 is 0 Å². The van der Waals surface area contributed by atoms with E-state index in [1.807, 2.05) is 0 Å². The summed E-state index contributed by atoms with van der Waals surface area (Å²) in [4.78, 5) is 3.56. The van der Waals surface area contributed by atoms with E-state index < -0.39 is 26.1 Å². The maximum Gasteiger partial charge on any atom is 0.279 e. The first-order valence-electron chi connectivity index (χ1n) is 3.63. The van der Waals surface area contributed by atoms with Crippen molar-refractivity contribution in [2.45, 2.75) is 18.4 Å². The van der Waals surface area contributed by atoms with Crippen LogP contribution in [0.1, 0.15) is 17.7 Å². The van der Waals surface area contributed by atoms with Crippen molar-refractivity contribution in [2.24, 2.45) is 0 Å². The minimum Gasteiger partial charge on any atom is -0.239 e. The number of nitrogens with zero attached hydrogens (tertiary/aromatic N) is 1. The number of hydrogen-bond acceptors (Lipinski definition) is 3. The number of aryl methyl sites for hydroxylation is 1. The van der Waals surface area contributed by atoms with Crippen molar-refractivity contribution in [3.63, 3.8) is 0 Å². The monoisotopic (exact) mass is 367 g/mol. The lowest BCUT2D eigenvalue weighted by Gasteiger charge is -2.07. The van der Waals surface area contributed by atoms with Crippen molar-refractivity contribution in [3.05, 3.63) is 20.9 Å². The van der Waals surface area contributed by atoms with Gasteiger partial charge in [0, 0.05) is 14.3 Å². The van der Waals surface area contributed by atoms with E-state index >= 15 is 0 Å². The first kappa shape index (κ1) is 13.0. The maximum atomic E-state index is 12.5. The Hall–Kier alpha value is -0.0200. The fourth-order valence-electron chi connectivity index (χ4n) is 0.925. The van der Waals surface area contributed by atoms with Gasteiger partial charge in [0.25, 0.3) is 15.5 Å². The van der Waals surface area contributed by atoms with Crippen LogP contribution in [0.2, 0.25) is 0 Å². The predicted octanol–water partition coefficient (Wildman–Crippen LogP) is 2.86. The van der Waals surface area contributed by atoms with Gasteiger partial charge < -0.3 is 0 Å². The number of hydrogen-bond donors (Lipinski definition) is 0. The fraction of sp³-hybridized carbons (Fsp3) is 0.286. The lowest BCUT2D eigenvalue weighted by atomic mass is 10.2. The summed E-state index contributed by atoms with van der Waals surface area (Å²) in [6, 6.07) is 1.07. The summed E-state index contributed by atoms with van der Waals surface area (Å²) in [6.45, 7) is 1.52. The topological polar surface area (TPSA) is 47.0 Å². The van der Waals surface area contributed by atoms with Crippen molar-refractivity contribution in [1.29, 1.82) is 0 Å². The van der Waals surface area contributed by atoms with Crippen molar-refractivity contribution in [2.75, 3.05) is 0 Å². The van der Waals surface area contributed by atoms with E-state index in [4.69, 9.17) is 10.7 Å². The number of rotatable bonds is 2. The largest absolute Gasteiger partial charge is 0.279 e.